The van der Waals surface area contributed by atoms with Crippen LogP contribution in [0.4, 0.5) is 0 Å². The van der Waals surface area contributed by atoms with E-state index in [9.17, 15) is 0 Å². The monoisotopic (exact) mass is 123 g/mol. The van der Waals surface area contributed by atoms with Crippen LogP contribution in [0.25, 0.3) is 0 Å². The molecule has 0 aromatic carbocycles. The molecule has 0 aromatic heterocycles. The van der Waals surface area contributed by atoms with Gasteiger partial charge in [-0.1, -0.05) is 25.3 Å². The normalized spacial score (nSPS) is 20.8. The van der Waals surface area contributed by atoms with Crippen LogP contribution in [0.15, 0.2) is 11.5 Å². The van der Waals surface area contributed by atoms with Crippen LogP contribution in [0.3, 0.4) is 0 Å². The third kappa shape index (κ3) is 1.36. The standard InChI is InChI=1S/C7H14BN/c1-4-9-6-7(2)5-8(9)3/h5H,4,6H2,1-3H3. The molecule has 0 amide bonds. The molecule has 0 radical (unpaired) electrons. The van der Waals surface area contributed by atoms with Gasteiger partial charge in [0.1, 0.15) is 0 Å². The summed E-state index contributed by atoms with van der Waals surface area (Å²) >= 11 is 0. The van der Waals surface area contributed by atoms with Crippen molar-refractivity contribution in [1.82, 2.24) is 4.81 Å². The lowest BCUT2D eigenvalue weighted by atomic mass is 9.65. The summed E-state index contributed by atoms with van der Waals surface area (Å²) in [7, 11) is 0. The zero-order chi connectivity index (χ0) is 6.85. The first kappa shape index (κ1) is 6.88. The van der Waals surface area contributed by atoms with Crippen molar-refractivity contribution in [3.05, 3.63) is 11.5 Å². The van der Waals surface area contributed by atoms with E-state index in [0.717, 1.165) is 0 Å². The van der Waals surface area contributed by atoms with E-state index in [-0.39, 0.29) is 0 Å². The minimum absolute atomic E-state index is 0.676. The molecule has 0 fully saturated rings. The van der Waals surface area contributed by atoms with Crippen LogP contribution in [0, 0.1) is 0 Å². The maximum atomic E-state index is 2.45. The van der Waals surface area contributed by atoms with Crippen LogP contribution in [0.1, 0.15) is 13.8 Å². The van der Waals surface area contributed by atoms with Gasteiger partial charge in [0.2, 0.25) is 6.85 Å². The Bertz CT molecular complexity index is 131. The van der Waals surface area contributed by atoms with Crippen molar-refractivity contribution in [2.75, 3.05) is 13.1 Å². The molecule has 1 nitrogen and oxygen atoms in total. The Morgan fingerprint density at radius 3 is 2.67 bits per heavy atom. The van der Waals surface area contributed by atoms with Crippen LogP contribution in [0.5, 0.6) is 0 Å². The molecule has 1 heterocycles. The van der Waals surface area contributed by atoms with Crippen LogP contribution in [-0.2, 0) is 0 Å². The highest BCUT2D eigenvalue weighted by Gasteiger charge is 2.19. The van der Waals surface area contributed by atoms with E-state index in [1.165, 1.54) is 18.7 Å². The maximum Gasteiger partial charge on any atom is 0.246 e. The second-order valence-corrected chi connectivity index (χ2v) is 2.82. The van der Waals surface area contributed by atoms with Gasteiger partial charge >= 0.3 is 0 Å². The average molecular weight is 123 g/mol. The Labute approximate surface area is 57.8 Å². The average Bonchev–Trinajstić information content (AvgIpc) is 2.10. The predicted octanol–water partition coefficient (Wildman–Crippen LogP) is 1.43. The number of hydrogen-bond acceptors (Lipinski definition) is 1. The van der Waals surface area contributed by atoms with E-state index in [1.54, 1.807) is 0 Å². The quantitative estimate of drug-likeness (QED) is 0.476. The van der Waals surface area contributed by atoms with Crippen LogP contribution < -0.4 is 0 Å². The van der Waals surface area contributed by atoms with Gasteiger partial charge in [0.15, 0.2) is 0 Å². The molecule has 2 heteroatoms. The van der Waals surface area contributed by atoms with E-state index < -0.39 is 0 Å². The zero-order valence-corrected chi connectivity index (χ0v) is 6.52. The van der Waals surface area contributed by atoms with Gasteiger partial charge < -0.3 is 4.81 Å². The van der Waals surface area contributed by atoms with Gasteiger partial charge in [-0.05, 0) is 13.5 Å². The number of rotatable bonds is 1. The smallest absolute Gasteiger partial charge is 0.246 e. The summed E-state index contributed by atoms with van der Waals surface area (Å²) in [6, 6.07) is 0. The number of nitrogens with zero attached hydrogens (tertiary/aromatic N) is 1. The fourth-order valence-corrected chi connectivity index (χ4v) is 1.43. The third-order valence-corrected chi connectivity index (χ3v) is 1.96. The second kappa shape index (κ2) is 2.57. The van der Waals surface area contributed by atoms with Gasteiger partial charge in [0.05, 0.1) is 0 Å². The highest BCUT2D eigenvalue weighted by molar-refractivity contribution is 6.61. The van der Waals surface area contributed by atoms with Crippen molar-refractivity contribution in [2.45, 2.75) is 20.7 Å². The van der Waals surface area contributed by atoms with Gasteiger partial charge in [-0.2, -0.15) is 0 Å². The fourth-order valence-electron chi connectivity index (χ4n) is 1.43. The SMILES string of the molecule is CCN1CC(C)=CB1C. The van der Waals surface area contributed by atoms with Crippen LogP contribution >= 0.6 is 0 Å². The molecule has 1 aliphatic rings. The van der Waals surface area contributed by atoms with E-state index in [2.05, 4.69) is 31.5 Å². The molecule has 1 rings (SSSR count). The molecule has 0 N–H and O–H groups in total. The summed E-state index contributed by atoms with van der Waals surface area (Å²) in [6.45, 7) is 9.69. The molecule has 50 valence electrons. The molecular formula is C7H14BN. The van der Waals surface area contributed by atoms with Gasteiger partial charge in [-0.3, -0.25) is 0 Å². The first-order valence-corrected chi connectivity index (χ1v) is 3.65. The van der Waals surface area contributed by atoms with Gasteiger partial charge in [-0.15, -0.1) is 0 Å². The Balaban J connectivity index is 2.49. The van der Waals surface area contributed by atoms with Crippen molar-refractivity contribution in [1.29, 1.82) is 0 Å². The molecule has 0 aromatic rings. The minimum Gasteiger partial charge on any atom is -0.335 e. The van der Waals surface area contributed by atoms with E-state index in [4.69, 9.17) is 0 Å². The fraction of sp³-hybridized carbons (Fsp3) is 0.714. The van der Waals surface area contributed by atoms with Gasteiger partial charge in [0, 0.05) is 6.54 Å². The molecule has 0 bridgehead atoms. The summed E-state index contributed by atoms with van der Waals surface area (Å²) in [4.78, 5) is 2.45. The van der Waals surface area contributed by atoms with Crippen molar-refractivity contribution >= 4 is 6.85 Å². The van der Waals surface area contributed by atoms with Crippen molar-refractivity contribution in [3.8, 4) is 0 Å². The lowest BCUT2D eigenvalue weighted by Crippen LogP contribution is -2.31. The summed E-state index contributed by atoms with van der Waals surface area (Å²) < 4.78 is 0. The lowest BCUT2D eigenvalue weighted by Gasteiger charge is -2.15. The first-order valence-electron chi connectivity index (χ1n) is 3.65. The molecule has 0 saturated heterocycles. The van der Waals surface area contributed by atoms with E-state index in [0.29, 0.717) is 6.85 Å². The summed E-state index contributed by atoms with van der Waals surface area (Å²) in [5, 5.41) is 0. The number of hydrogen-bond donors (Lipinski definition) is 0. The van der Waals surface area contributed by atoms with Gasteiger partial charge in [0.25, 0.3) is 0 Å². The number of likely N-dealkylation sites (N-methyl/N-ethyl adjacent to an activating group) is 1. The zero-order valence-electron chi connectivity index (χ0n) is 6.52. The minimum atomic E-state index is 0.676. The molecule has 0 atom stereocenters. The second-order valence-electron chi connectivity index (χ2n) is 2.82. The van der Waals surface area contributed by atoms with Crippen molar-refractivity contribution < 1.29 is 0 Å². The lowest BCUT2D eigenvalue weighted by molar-refractivity contribution is 0.512. The molecule has 0 saturated carbocycles. The summed E-state index contributed by atoms with van der Waals surface area (Å²) in [5.74, 6) is 2.34. The Morgan fingerprint density at radius 2 is 2.44 bits per heavy atom. The molecular weight excluding hydrogens is 109 g/mol. The van der Waals surface area contributed by atoms with E-state index in [1.807, 2.05) is 0 Å². The molecule has 0 unspecified atom stereocenters. The van der Waals surface area contributed by atoms with Gasteiger partial charge in [-0.25, -0.2) is 0 Å². The highest BCUT2D eigenvalue weighted by atomic mass is 15.1. The maximum absolute atomic E-state index is 2.45. The summed E-state index contributed by atoms with van der Waals surface area (Å²) in [5.41, 5.74) is 1.52. The molecule has 9 heavy (non-hydrogen) atoms. The Hall–Kier alpha value is -0.235. The van der Waals surface area contributed by atoms with Crippen LogP contribution in [-0.4, -0.2) is 24.7 Å². The third-order valence-electron chi connectivity index (χ3n) is 1.96. The largest absolute Gasteiger partial charge is 0.335 e. The first-order chi connectivity index (χ1) is 4.24. The van der Waals surface area contributed by atoms with E-state index >= 15 is 0 Å². The van der Waals surface area contributed by atoms with Crippen LogP contribution in [0.2, 0.25) is 6.82 Å². The Morgan fingerprint density at radius 1 is 1.78 bits per heavy atom. The molecule has 1 aliphatic heterocycles. The van der Waals surface area contributed by atoms with Crippen molar-refractivity contribution in [2.24, 2.45) is 0 Å². The summed E-state index contributed by atoms with van der Waals surface area (Å²) in [6.07, 6.45) is 0. The topological polar surface area (TPSA) is 3.24 Å². The van der Waals surface area contributed by atoms with Crippen molar-refractivity contribution in [3.63, 3.8) is 0 Å². The predicted molar refractivity (Wildman–Crippen MR) is 42.6 cm³/mol. The molecule has 0 aliphatic carbocycles. The highest BCUT2D eigenvalue weighted by Crippen LogP contribution is 2.10. The molecule has 0 spiro atoms. The Kier molecular flexibility index (Phi) is 1.96.